The lowest BCUT2D eigenvalue weighted by Gasteiger charge is -2.08. The molecule has 0 atom stereocenters. The monoisotopic (exact) mass is 255 g/mol. The summed E-state index contributed by atoms with van der Waals surface area (Å²) in [4.78, 5) is 11.3. The fourth-order valence-corrected chi connectivity index (χ4v) is 1.96. The number of ether oxygens (including phenoxy) is 2. The van der Waals surface area contributed by atoms with Gasteiger partial charge in [-0.1, -0.05) is 12.1 Å². The van der Waals surface area contributed by atoms with Gasteiger partial charge < -0.3 is 14.8 Å². The minimum absolute atomic E-state index is 0.0503. The molecule has 0 saturated heterocycles. The molecule has 1 aliphatic rings. The predicted octanol–water partition coefficient (Wildman–Crippen LogP) is 3.36. The number of Topliss-reactive ketones (excluding diaryl/α,β-unsaturated/α-hetero) is 1. The van der Waals surface area contributed by atoms with Gasteiger partial charge in [0.2, 0.25) is 6.79 Å². The van der Waals surface area contributed by atoms with E-state index in [1.54, 1.807) is 13.0 Å². The van der Waals surface area contributed by atoms with Gasteiger partial charge in [0, 0.05) is 23.0 Å². The number of ketones is 1. The molecule has 0 aromatic heterocycles. The lowest BCUT2D eigenvalue weighted by Crippen LogP contribution is -1.95. The average molecular weight is 255 g/mol. The first-order chi connectivity index (χ1) is 9.22. The zero-order valence-electron chi connectivity index (χ0n) is 10.5. The molecule has 2 aromatic rings. The molecule has 0 saturated carbocycles. The quantitative estimate of drug-likeness (QED) is 0.854. The van der Waals surface area contributed by atoms with Crippen molar-refractivity contribution in [2.24, 2.45) is 0 Å². The van der Waals surface area contributed by atoms with Crippen molar-refractivity contribution >= 4 is 17.2 Å². The summed E-state index contributed by atoms with van der Waals surface area (Å²) < 4.78 is 10.6. The van der Waals surface area contributed by atoms with Gasteiger partial charge >= 0.3 is 0 Å². The van der Waals surface area contributed by atoms with Crippen LogP contribution in [0.4, 0.5) is 11.4 Å². The third-order valence-corrected chi connectivity index (χ3v) is 2.93. The van der Waals surface area contributed by atoms with Crippen molar-refractivity contribution in [2.75, 3.05) is 12.1 Å². The SMILES string of the molecule is CC(=O)c1cccc(Nc2ccc3c(c2)OCO3)c1. The Morgan fingerprint density at radius 2 is 1.84 bits per heavy atom. The molecule has 0 fully saturated rings. The van der Waals surface area contributed by atoms with Gasteiger partial charge in [0.05, 0.1) is 0 Å². The Hall–Kier alpha value is -2.49. The van der Waals surface area contributed by atoms with Gasteiger partial charge in [0.25, 0.3) is 0 Å². The summed E-state index contributed by atoms with van der Waals surface area (Å²) >= 11 is 0. The van der Waals surface area contributed by atoms with Crippen LogP contribution in [0.5, 0.6) is 11.5 Å². The standard InChI is InChI=1S/C15H13NO3/c1-10(17)11-3-2-4-12(7-11)16-13-5-6-14-15(8-13)19-9-18-14/h2-8,16H,9H2,1H3. The topological polar surface area (TPSA) is 47.6 Å². The Kier molecular flexibility index (Phi) is 2.83. The fourth-order valence-electron chi connectivity index (χ4n) is 1.96. The number of hydrogen-bond donors (Lipinski definition) is 1. The third-order valence-electron chi connectivity index (χ3n) is 2.93. The van der Waals surface area contributed by atoms with Crippen molar-refractivity contribution in [2.45, 2.75) is 6.92 Å². The van der Waals surface area contributed by atoms with Gasteiger partial charge in [-0.15, -0.1) is 0 Å². The summed E-state index contributed by atoms with van der Waals surface area (Å²) in [6.45, 7) is 1.82. The molecule has 19 heavy (non-hydrogen) atoms. The average Bonchev–Trinajstić information content (AvgIpc) is 2.86. The summed E-state index contributed by atoms with van der Waals surface area (Å²) in [7, 11) is 0. The maximum Gasteiger partial charge on any atom is 0.231 e. The molecule has 0 unspecified atom stereocenters. The van der Waals surface area contributed by atoms with E-state index in [1.807, 2.05) is 36.4 Å². The van der Waals surface area contributed by atoms with E-state index in [9.17, 15) is 4.79 Å². The number of benzene rings is 2. The Labute approximate surface area is 111 Å². The number of carbonyl (C=O) groups excluding carboxylic acids is 1. The van der Waals surface area contributed by atoms with Gasteiger partial charge in [0.15, 0.2) is 17.3 Å². The van der Waals surface area contributed by atoms with E-state index in [4.69, 9.17) is 9.47 Å². The van der Waals surface area contributed by atoms with E-state index in [0.717, 1.165) is 22.9 Å². The third kappa shape index (κ3) is 2.38. The highest BCUT2D eigenvalue weighted by Crippen LogP contribution is 2.35. The van der Waals surface area contributed by atoms with Crippen LogP contribution in [0, 0.1) is 0 Å². The lowest BCUT2D eigenvalue weighted by molar-refractivity contribution is 0.101. The van der Waals surface area contributed by atoms with E-state index >= 15 is 0 Å². The zero-order valence-corrected chi connectivity index (χ0v) is 10.5. The summed E-state index contributed by atoms with van der Waals surface area (Å²) in [6, 6.07) is 13.0. The largest absolute Gasteiger partial charge is 0.454 e. The van der Waals surface area contributed by atoms with Crippen molar-refractivity contribution in [1.82, 2.24) is 0 Å². The highest BCUT2D eigenvalue weighted by Gasteiger charge is 2.13. The first-order valence-corrected chi connectivity index (χ1v) is 6.00. The molecule has 0 spiro atoms. The molecule has 0 radical (unpaired) electrons. The number of rotatable bonds is 3. The Morgan fingerprint density at radius 3 is 2.68 bits per heavy atom. The number of fused-ring (bicyclic) bond motifs is 1. The van der Waals surface area contributed by atoms with Gasteiger partial charge in [-0.05, 0) is 31.2 Å². The van der Waals surface area contributed by atoms with Crippen LogP contribution in [-0.4, -0.2) is 12.6 Å². The Morgan fingerprint density at radius 1 is 1.05 bits per heavy atom. The van der Waals surface area contributed by atoms with Crippen LogP contribution in [0.25, 0.3) is 0 Å². The molecular formula is C15H13NO3. The first-order valence-electron chi connectivity index (χ1n) is 6.00. The first kappa shape index (κ1) is 11.6. The van der Waals surface area contributed by atoms with Gasteiger partial charge in [0.1, 0.15) is 0 Å². The van der Waals surface area contributed by atoms with Crippen LogP contribution >= 0.6 is 0 Å². The second-order valence-electron chi connectivity index (χ2n) is 4.33. The molecule has 3 rings (SSSR count). The van der Waals surface area contributed by atoms with Crippen LogP contribution in [0.15, 0.2) is 42.5 Å². The van der Waals surface area contributed by atoms with Crippen LogP contribution < -0.4 is 14.8 Å². The molecule has 4 nitrogen and oxygen atoms in total. The molecular weight excluding hydrogens is 242 g/mol. The molecule has 96 valence electrons. The number of anilines is 2. The van der Waals surface area contributed by atoms with Crippen LogP contribution in [0.3, 0.4) is 0 Å². The van der Waals surface area contributed by atoms with Crippen molar-refractivity contribution in [3.05, 3.63) is 48.0 Å². The van der Waals surface area contributed by atoms with Crippen LogP contribution in [0.2, 0.25) is 0 Å². The Balaban J connectivity index is 1.85. The zero-order chi connectivity index (χ0) is 13.2. The lowest BCUT2D eigenvalue weighted by atomic mass is 10.1. The van der Waals surface area contributed by atoms with Crippen molar-refractivity contribution < 1.29 is 14.3 Å². The number of hydrogen-bond acceptors (Lipinski definition) is 4. The maximum absolute atomic E-state index is 11.3. The van der Waals surface area contributed by atoms with Gasteiger partial charge in [-0.3, -0.25) is 4.79 Å². The summed E-state index contributed by atoms with van der Waals surface area (Å²) in [5.41, 5.74) is 2.45. The molecule has 0 amide bonds. The minimum Gasteiger partial charge on any atom is -0.454 e. The van der Waals surface area contributed by atoms with Crippen LogP contribution in [-0.2, 0) is 0 Å². The number of carbonyl (C=O) groups is 1. The van der Waals surface area contributed by atoms with E-state index in [0.29, 0.717) is 5.56 Å². The van der Waals surface area contributed by atoms with Crippen molar-refractivity contribution in [3.8, 4) is 11.5 Å². The normalized spacial score (nSPS) is 12.3. The van der Waals surface area contributed by atoms with Gasteiger partial charge in [-0.25, -0.2) is 0 Å². The molecule has 1 heterocycles. The van der Waals surface area contributed by atoms with E-state index in [2.05, 4.69) is 5.32 Å². The van der Waals surface area contributed by atoms with Gasteiger partial charge in [-0.2, -0.15) is 0 Å². The Bertz CT molecular complexity index is 637. The highest BCUT2D eigenvalue weighted by molar-refractivity contribution is 5.95. The molecule has 1 N–H and O–H groups in total. The molecule has 4 heteroatoms. The molecule has 0 bridgehead atoms. The molecule has 0 aliphatic carbocycles. The van der Waals surface area contributed by atoms with Crippen molar-refractivity contribution in [1.29, 1.82) is 0 Å². The van der Waals surface area contributed by atoms with E-state index in [1.165, 1.54) is 0 Å². The summed E-state index contributed by atoms with van der Waals surface area (Å²) in [5, 5.41) is 3.24. The predicted molar refractivity (Wildman–Crippen MR) is 72.3 cm³/mol. The molecule has 1 aliphatic heterocycles. The second kappa shape index (κ2) is 4.65. The molecule has 2 aromatic carbocycles. The van der Waals surface area contributed by atoms with Crippen molar-refractivity contribution in [3.63, 3.8) is 0 Å². The number of nitrogens with one attached hydrogen (secondary N) is 1. The summed E-state index contributed by atoms with van der Waals surface area (Å²) in [5.74, 6) is 1.53. The summed E-state index contributed by atoms with van der Waals surface area (Å²) in [6.07, 6.45) is 0. The fraction of sp³-hybridized carbons (Fsp3) is 0.133. The smallest absolute Gasteiger partial charge is 0.231 e. The highest BCUT2D eigenvalue weighted by atomic mass is 16.7. The van der Waals surface area contributed by atoms with Crippen LogP contribution in [0.1, 0.15) is 17.3 Å². The van der Waals surface area contributed by atoms with E-state index < -0.39 is 0 Å². The second-order valence-corrected chi connectivity index (χ2v) is 4.33. The van der Waals surface area contributed by atoms with E-state index in [-0.39, 0.29) is 12.6 Å². The maximum atomic E-state index is 11.3. The minimum atomic E-state index is 0.0503.